The molecule has 0 radical (unpaired) electrons. The number of fused-ring (bicyclic) bond motifs is 1. The van der Waals surface area contributed by atoms with Gasteiger partial charge in [-0.3, -0.25) is 9.36 Å². The van der Waals surface area contributed by atoms with Gasteiger partial charge in [0.1, 0.15) is 17.1 Å². The van der Waals surface area contributed by atoms with Crippen molar-refractivity contribution in [3.8, 4) is 0 Å². The van der Waals surface area contributed by atoms with E-state index in [1.807, 2.05) is 0 Å². The number of carbonyl (C=O) groups is 1. The van der Waals surface area contributed by atoms with Gasteiger partial charge in [0.2, 0.25) is 0 Å². The number of halogens is 2. The van der Waals surface area contributed by atoms with Crippen LogP contribution < -0.4 is 0 Å². The van der Waals surface area contributed by atoms with Crippen LogP contribution in [0.15, 0.2) is 16.7 Å². The van der Waals surface area contributed by atoms with E-state index in [4.69, 9.17) is 4.52 Å². The van der Waals surface area contributed by atoms with Crippen molar-refractivity contribution in [1.29, 1.82) is 0 Å². The Hall–Kier alpha value is -2.18. The Labute approximate surface area is 132 Å². The van der Waals surface area contributed by atoms with Crippen LogP contribution in [0.4, 0.5) is 8.78 Å². The summed E-state index contributed by atoms with van der Waals surface area (Å²) in [7, 11) is 1.59. The molecular weight excluding hydrogens is 304 g/mol. The predicted octanol–water partition coefficient (Wildman–Crippen LogP) is 3.33. The molecule has 1 aliphatic rings. The van der Waals surface area contributed by atoms with Gasteiger partial charge in [-0.2, -0.15) is 8.78 Å². The van der Waals surface area contributed by atoms with Gasteiger partial charge in [0.15, 0.2) is 0 Å². The van der Waals surface area contributed by atoms with E-state index in [0.717, 1.165) is 47.3 Å². The smallest absolute Gasteiger partial charge is 0.319 e. The SMILES string of the molecule is Cc1ccc(C(=O)N(C)Cc2noc3c2CCCC3)n1C(F)F. The third-order valence-corrected chi connectivity index (χ3v) is 4.30. The first-order valence-electron chi connectivity index (χ1n) is 7.66. The number of rotatable bonds is 4. The van der Waals surface area contributed by atoms with Gasteiger partial charge >= 0.3 is 6.55 Å². The Morgan fingerprint density at radius 1 is 1.39 bits per heavy atom. The molecule has 0 N–H and O–H groups in total. The minimum absolute atomic E-state index is 0.0163. The van der Waals surface area contributed by atoms with Crippen LogP contribution in [0.1, 0.15) is 52.6 Å². The van der Waals surface area contributed by atoms with Crippen molar-refractivity contribution in [3.05, 3.63) is 40.5 Å². The van der Waals surface area contributed by atoms with Crippen molar-refractivity contribution in [1.82, 2.24) is 14.6 Å². The number of aromatic nitrogens is 2. The van der Waals surface area contributed by atoms with Crippen LogP contribution in [0, 0.1) is 6.92 Å². The minimum atomic E-state index is -2.74. The maximum absolute atomic E-state index is 13.1. The molecule has 3 rings (SSSR count). The summed E-state index contributed by atoms with van der Waals surface area (Å²) in [5, 5.41) is 4.05. The highest BCUT2D eigenvalue weighted by Crippen LogP contribution is 2.26. The fourth-order valence-electron chi connectivity index (χ4n) is 3.05. The lowest BCUT2D eigenvalue weighted by Crippen LogP contribution is -2.29. The molecule has 0 saturated carbocycles. The second-order valence-electron chi connectivity index (χ2n) is 5.91. The van der Waals surface area contributed by atoms with Crippen LogP contribution in [-0.4, -0.2) is 27.6 Å². The lowest BCUT2D eigenvalue weighted by atomic mass is 9.96. The summed E-state index contributed by atoms with van der Waals surface area (Å²) >= 11 is 0. The number of amides is 1. The molecule has 0 aromatic carbocycles. The first-order chi connectivity index (χ1) is 11.0. The quantitative estimate of drug-likeness (QED) is 0.867. The second-order valence-corrected chi connectivity index (χ2v) is 5.91. The van der Waals surface area contributed by atoms with E-state index in [1.165, 1.54) is 17.0 Å². The zero-order chi connectivity index (χ0) is 16.6. The molecule has 0 spiro atoms. The molecule has 0 atom stereocenters. The average molecular weight is 323 g/mol. The summed E-state index contributed by atoms with van der Waals surface area (Å²) in [6.07, 6.45) is 3.92. The average Bonchev–Trinajstić information content (AvgIpc) is 3.10. The molecule has 0 saturated heterocycles. The molecule has 0 aliphatic heterocycles. The molecule has 23 heavy (non-hydrogen) atoms. The monoisotopic (exact) mass is 323 g/mol. The van der Waals surface area contributed by atoms with E-state index >= 15 is 0 Å². The molecule has 2 aromatic heterocycles. The van der Waals surface area contributed by atoms with E-state index < -0.39 is 12.5 Å². The van der Waals surface area contributed by atoms with Gasteiger partial charge in [-0.15, -0.1) is 0 Å². The summed E-state index contributed by atoms with van der Waals surface area (Å²) in [6, 6.07) is 2.95. The normalized spacial score (nSPS) is 14.1. The van der Waals surface area contributed by atoms with Crippen molar-refractivity contribution in [2.75, 3.05) is 7.05 Å². The first kappa shape index (κ1) is 15.7. The van der Waals surface area contributed by atoms with Gasteiger partial charge in [0.05, 0.1) is 6.54 Å². The van der Waals surface area contributed by atoms with E-state index in [0.29, 0.717) is 5.69 Å². The third kappa shape index (κ3) is 2.87. The molecule has 1 aliphatic carbocycles. The van der Waals surface area contributed by atoms with E-state index in [1.54, 1.807) is 14.0 Å². The molecule has 2 heterocycles. The fourth-order valence-corrected chi connectivity index (χ4v) is 3.05. The summed E-state index contributed by atoms with van der Waals surface area (Å²) in [5.41, 5.74) is 2.13. The Balaban J connectivity index is 1.80. The van der Waals surface area contributed by atoms with Crippen LogP contribution >= 0.6 is 0 Å². The predicted molar refractivity (Wildman–Crippen MR) is 79.4 cm³/mol. The van der Waals surface area contributed by atoms with Crippen LogP contribution in [-0.2, 0) is 19.4 Å². The molecule has 124 valence electrons. The number of aryl methyl sites for hydroxylation is 2. The van der Waals surface area contributed by atoms with Crippen molar-refractivity contribution in [2.24, 2.45) is 0 Å². The van der Waals surface area contributed by atoms with Crippen molar-refractivity contribution in [2.45, 2.75) is 45.7 Å². The van der Waals surface area contributed by atoms with E-state index in [-0.39, 0.29) is 12.2 Å². The number of hydrogen-bond acceptors (Lipinski definition) is 3. The Morgan fingerprint density at radius 2 is 2.13 bits per heavy atom. The highest BCUT2D eigenvalue weighted by atomic mass is 19.3. The molecule has 5 nitrogen and oxygen atoms in total. The molecule has 0 fully saturated rings. The first-order valence-corrected chi connectivity index (χ1v) is 7.66. The van der Waals surface area contributed by atoms with Gasteiger partial charge in [-0.1, -0.05) is 5.16 Å². The van der Waals surface area contributed by atoms with Gasteiger partial charge in [0.25, 0.3) is 5.91 Å². The molecule has 1 amide bonds. The Morgan fingerprint density at radius 3 is 2.87 bits per heavy atom. The van der Waals surface area contributed by atoms with Crippen molar-refractivity contribution < 1.29 is 18.1 Å². The standard InChI is InChI=1S/C16H19F2N3O2/c1-10-7-8-13(21(10)16(17)18)15(22)20(2)9-12-11-5-3-4-6-14(11)23-19-12/h7-8,16H,3-6,9H2,1-2H3. The summed E-state index contributed by atoms with van der Waals surface area (Å²) < 4.78 is 32.3. The number of nitrogens with zero attached hydrogens (tertiary/aromatic N) is 3. The summed E-state index contributed by atoms with van der Waals surface area (Å²) in [5.74, 6) is 0.435. The van der Waals surface area contributed by atoms with Gasteiger partial charge in [-0.05, 0) is 38.3 Å². The second kappa shape index (κ2) is 6.14. The van der Waals surface area contributed by atoms with Crippen LogP contribution in [0.25, 0.3) is 0 Å². The molecule has 2 aromatic rings. The van der Waals surface area contributed by atoms with Crippen LogP contribution in [0.5, 0.6) is 0 Å². The molecular formula is C16H19F2N3O2. The van der Waals surface area contributed by atoms with Gasteiger partial charge in [0, 0.05) is 24.7 Å². The summed E-state index contributed by atoms with van der Waals surface area (Å²) in [6.45, 7) is -0.931. The van der Waals surface area contributed by atoms with Crippen molar-refractivity contribution >= 4 is 5.91 Å². The number of alkyl halides is 2. The third-order valence-electron chi connectivity index (χ3n) is 4.30. The maximum atomic E-state index is 13.1. The number of carbonyl (C=O) groups excluding carboxylic acids is 1. The lowest BCUT2D eigenvalue weighted by Gasteiger charge is -2.19. The highest BCUT2D eigenvalue weighted by Gasteiger charge is 2.25. The van der Waals surface area contributed by atoms with Gasteiger partial charge in [-0.25, -0.2) is 0 Å². The van der Waals surface area contributed by atoms with Crippen LogP contribution in [0.3, 0.4) is 0 Å². The van der Waals surface area contributed by atoms with Crippen molar-refractivity contribution in [3.63, 3.8) is 0 Å². The minimum Gasteiger partial charge on any atom is -0.361 e. The number of hydrogen-bond donors (Lipinski definition) is 0. The largest absolute Gasteiger partial charge is 0.361 e. The molecule has 7 heteroatoms. The van der Waals surface area contributed by atoms with E-state index in [9.17, 15) is 13.6 Å². The van der Waals surface area contributed by atoms with Crippen LogP contribution in [0.2, 0.25) is 0 Å². The molecule has 0 bridgehead atoms. The topological polar surface area (TPSA) is 51.3 Å². The fraction of sp³-hybridized carbons (Fsp3) is 0.500. The van der Waals surface area contributed by atoms with Gasteiger partial charge < -0.3 is 9.42 Å². The summed E-state index contributed by atoms with van der Waals surface area (Å²) in [4.78, 5) is 13.9. The zero-order valence-corrected chi connectivity index (χ0v) is 13.2. The Kier molecular flexibility index (Phi) is 4.19. The highest BCUT2D eigenvalue weighted by molar-refractivity contribution is 5.92. The molecule has 0 unspecified atom stereocenters. The zero-order valence-electron chi connectivity index (χ0n) is 13.2. The lowest BCUT2D eigenvalue weighted by molar-refractivity contribution is 0.0563. The Bertz CT molecular complexity index is 721. The van der Waals surface area contributed by atoms with E-state index in [2.05, 4.69) is 5.16 Å². The maximum Gasteiger partial charge on any atom is 0.319 e.